The number of hydrogen-bond donors (Lipinski definition) is 1. The maximum absolute atomic E-state index is 11.9. The number of hydrogen-bond acceptors (Lipinski definition) is 7. The molecule has 0 atom stereocenters. The molecule has 0 saturated carbocycles. The van der Waals surface area contributed by atoms with Crippen molar-refractivity contribution in [2.24, 2.45) is 0 Å². The molecule has 4 fully saturated rings. The number of aromatic nitrogens is 2. The van der Waals surface area contributed by atoms with Gasteiger partial charge in [0.05, 0.1) is 29.3 Å². The Kier molecular flexibility index (Phi) is 6.48. The largest absolute Gasteiger partial charge is 0.478 e. The van der Waals surface area contributed by atoms with Crippen LogP contribution in [0.3, 0.4) is 0 Å². The monoisotopic (exact) mass is 550 g/mol. The fraction of sp³-hybridized carbons (Fsp3) is 0.394. The lowest BCUT2D eigenvalue weighted by atomic mass is 10.0. The van der Waals surface area contributed by atoms with Gasteiger partial charge in [-0.1, -0.05) is 0 Å². The number of benzene rings is 2. The molecule has 41 heavy (non-hydrogen) atoms. The molecule has 4 bridgehead atoms. The Bertz CT molecular complexity index is 1620. The van der Waals surface area contributed by atoms with E-state index in [0.717, 1.165) is 27.5 Å². The molecule has 0 spiro atoms. The Balaban J connectivity index is 0.000000135. The number of carboxylic acid groups (broad SMARTS) is 1. The van der Waals surface area contributed by atoms with Gasteiger partial charge >= 0.3 is 11.9 Å². The predicted octanol–water partition coefficient (Wildman–Crippen LogP) is 6.22. The first-order chi connectivity index (χ1) is 20.0. The summed E-state index contributed by atoms with van der Waals surface area (Å²) in [6, 6.07) is 18.2. The molecule has 4 aliphatic rings. The van der Waals surface area contributed by atoms with E-state index in [2.05, 4.69) is 38.0 Å². The van der Waals surface area contributed by atoms with Crippen LogP contribution >= 0.6 is 0 Å². The number of fused-ring (bicyclic) bond motifs is 6. The minimum Gasteiger partial charge on any atom is -0.478 e. The molecular weight excluding hydrogens is 516 g/mol. The van der Waals surface area contributed by atoms with Gasteiger partial charge in [-0.15, -0.1) is 0 Å². The quantitative estimate of drug-likeness (QED) is 0.299. The molecule has 4 saturated heterocycles. The Labute approximate surface area is 238 Å². The molecular formula is C33H34N4O4. The summed E-state index contributed by atoms with van der Waals surface area (Å²) in [7, 11) is 1.42. The standard InChI is InChI=1S/C17H18N2O2.C16H16N2O2/c1-21-17(20)14-8-9-18-16-7-6-13(10-15(14)16)19-11-2-3-12(19)5-4-11;19-16(20)13-7-8-17-15-6-5-12(9-14(13)15)18-10-1-2-11(18)4-3-10/h6-12H,2-5H2,1H3;5-11H,1-4H2,(H,19,20). The summed E-state index contributed by atoms with van der Waals surface area (Å²) in [5.41, 5.74) is 4.89. The first-order valence-corrected chi connectivity index (χ1v) is 14.7. The van der Waals surface area contributed by atoms with Crippen LogP contribution in [-0.4, -0.2) is 58.3 Å². The number of carboxylic acids is 1. The summed E-state index contributed by atoms with van der Waals surface area (Å²) in [4.78, 5) is 36.9. The highest BCUT2D eigenvalue weighted by molar-refractivity contribution is 6.04. The Morgan fingerprint density at radius 3 is 1.51 bits per heavy atom. The normalized spacial score (nSPS) is 24.1. The molecule has 0 amide bonds. The maximum atomic E-state index is 11.9. The van der Waals surface area contributed by atoms with Crippen LogP contribution in [0.5, 0.6) is 0 Å². The topological polar surface area (TPSA) is 95.9 Å². The molecule has 1 N–H and O–H groups in total. The molecule has 0 radical (unpaired) electrons. The number of anilines is 2. The third-order valence-electron chi connectivity index (χ3n) is 9.59. The molecule has 4 aromatic rings. The van der Waals surface area contributed by atoms with Gasteiger partial charge in [0, 0.05) is 58.7 Å². The van der Waals surface area contributed by atoms with Gasteiger partial charge in [-0.3, -0.25) is 9.97 Å². The van der Waals surface area contributed by atoms with Crippen LogP contribution in [0.25, 0.3) is 21.8 Å². The number of ether oxygens (including phenoxy) is 1. The number of methoxy groups -OCH3 is 1. The van der Waals surface area contributed by atoms with Crippen LogP contribution in [0.4, 0.5) is 11.4 Å². The highest BCUT2D eigenvalue weighted by atomic mass is 16.5. The molecule has 0 aliphatic carbocycles. The zero-order chi connectivity index (χ0) is 28.1. The molecule has 8 rings (SSSR count). The lowest BCUT2D eigenvalue weighted by molar-refractivity contribution is 0.0602. The third kappa shape index (κ3) is 4.46. The van der Waals surface area contributed by atoms with Gasteiger partial charge in [0.2, 0.25) is 0 Å². The van der Waals surface area contributed by atoms with E-state index in [1.165, 1.54) is 64.2 Å². The second-order valence-electron chi connectivity index (χ2n) is 11.7. The van der Waals surface area contributed by atoms with Gasteiger partial charge in [-0.2, -0.15) is 0 Å². The molecule has 0 unspecified atom stereocenters. The van der Waals surface area contributed by atoms with Gasteiger partial charge in [-0.25, -0.2) is 9.59 Å². The van der Waals surface area contributed by atoms with Crippen molar-refractivity contribution in [3.63, 3.8) is 0 Å². The molecule has 210 valence electrons. The van der Waals surface area contributed by atoms with Gasteiger partial charge in [0.15, 0.2) is 0 Å². The minimum atomic E-state index is -0.890. The number of pyridine rings is 2. The van der Waals surface area contributed by atoms with Crippen LogP contribution in [0.1, 0.15) is 72.1 Å². The summed E-state index contributed by atoms with van der Waals surface area (Å²) in [5.74, 6) is -1.19. The second-order valence-corrected chi connectivity index (χ2v) is 11.7. The second kappa shape index (κ2) is 10.3. The van der Waals surface area contributed by atoms with E-state index < -0.39 is 5.97 Å². The Hall–Kier alpha value is -4.20. The molecule has 2 aromatic heterocycles. The van der Waals surface area contributed by atoms with Crippen molar-refractivity contribution in [3.05, 3.63) is 72.1 Å². The SMILES string of the molecule is COC(=O)c1ccnc2ccc(N3C4CCC3CC4)cc12.O=C(O)c1ccnc2ccc(N3C4CCC3CC4)cc12. The van der Waals surface area contributed by atoms with Crippen LogP contribution in [-0.2, 0) is 4.74 Å². The van der Waals surface area contributed by atoms with Crippen molar-refractivity contribution in [3.8, 4) is 0 Å². The minimum absolute atomic E-state index is 0.302. The van der Waals surface area contributed by atoms with Crippen molar-refractivity contribution in [2.75, 3.05) is 16.9 Å². The summed E-state index contributed by atoms with van der Waals surface area (Å²) in [6.07, 6.45) is 13.4. The number of aromatic carboxylic acids is 1. The van der Waals surface area contributed by atoms with Crippen LogP contribution in [0.15, 0.2) is 60.9 Å². The number of rotatable bonds is 4. The van der Waals surface area contributed by atoms with E-state index in [1.807, 2.05) is 18.2 Å². The van der Waals surface area contributed by atoms with Crippen LogP contribution in [0, 0.1) is 0 Å². The molecule has 2 aromatic carbocycles. The van der Waals surface area contributed by atoms with Gasteiger partial charge in [0.1, 0.15) is 0 Å². The average molecular weight is 551 g/mol. The first-order valence-electron chi connectivity index (χ1n) is 14.7. The van der Waals surface area contributed by atoms with Crippen molar-refractivity contribution in [1.82, 2.24) is 9.97 Å². The zero-order valence-corrected chi connectivity index (χ0v) is 23.2. The van der Waals surface area contributed by atoms with E-state index in [4.69, 9.17) is 4.74 Å². The Morgan fingerprint density at radius 2 is 1.10 bits per heavy atom. The van der Waals surface area contributed by atoms with Crippen molar-refractivity contribution in [1.29, 1.82) is 0 Å². The van der Waals surface area contributed by atoms with Crippen LogP contribution in [0.2, 0.25) is 0 Å². The highest BCUT2D eigenvalue weighted by Gasteiger charge is 2.40. The number of nitrogens with zero attached hydrogens (tertiary/aromatic N) is 4. The van der Waals surface area contributed by atoms with E-state index in [-0.39, 0.29) is 5.97 Å². The lowest BCUT2D eigenvalue weighted by Gasteiger charge is -2.25. The van der Waals surface area contributed by atoms with Crippen molar-refractivity contribution in [2.45, 2.75) is 75.5 Å². The molecule has 8 nitrogen and oxygen atoms in total. The summed E-state index contributed by atoms with van der Waals surface area (Å²) in [6.45, 7) is 0. The fourth-order valence-corrected chi connectivity index (χ4v) is 7.73. The fourth-order valence-electron chi connectivity index (χ4n) is 7.73. The number of esters is 1. The Morgan fingerprint density at radius 1 is 0.683 bits per heavy atom. The predicted molar refractivity (Wildman–Crippen MR) is 159 cm³/mol. The highest BCUT2D eigenvalue weighted by Crippen LogP contribution is 2.43. The lowest BCUT2D eigenvalue weighted by Crippen LogP contribution is -2.27. The van der Waals surface area contributed by atoms with Gasteiger partial charge < -0.3 is 19.6 Å². The van der Waals surface area contributed by atoms with Crippen LogP contribution < -0.4 is 9.80 Å². The van der Waals surface area contributed by atoms with E-state index in [1.54, 1.807) is 24.5 Å². The van der Waals surface area contributed by atoms with Crippen molar-refractivity contribution >= 4 is 45.1 Å². The average Bonchev–Trinajstić information content (AvgIpc) is 3.81. The van der Waals surface area contributed by atoms with Crippen molar-refractivity contribution < 1.29 is 19.4 Å². The maximum Gasteiger partial charge on any atom is 0.338 e. The van der Waals surface area contributed by atoms with E-state index in [9.17, 15) is 14.7 Å². The number of carbonyl (C=O) groups excluding carboxylic acids is 1. The summed E-state index contributed by atoms with van der Waals surface area (Å²) in [5, 5.41) is 10.9. The molecule has 8 heteroatoms. The van der Waals surface area contributed by atoms with E-state index in [0.29, 0.717) is 35.3 Å². The summed E-state index contributed by atoms with van der Waals surface area (Å²) >= 11 is 0. The third-order valence-corrected chi connectivity index (χ3v) is 9.59. The summed E-state index contributed by atoms with van der Waals surface area (Å²) < 4.78 is 4.88. The molecule has 4 aliphatic heterocycles. The van der Waals surface area contributed by atoms with Gasteiger partial charge in [0.25, 0.3) is 0 Å². The molecule has 6 heterocycles. The van der Waals surface area contributed by atoms with E-state index >= 15 is 0 Å². The first kappa shape index (κ1) is 25.7. The zero-order valence-electron chi connectivity index (χ0n) is 23.2. The smallest absolute Gasteiger partial charge is 0.338 e. The van der Waals surface area contributed by atoms with Gasteiger partial charge in [-0.05, 0) is 99.9 Å². The number of carbonyl (C=O) groups is 2.